The Labute approximate surface area is 74.5 Å². The Bertz CT molecular complexity index is 473. The minimum atomic E-state index is -0.942. The first kappa shape index (κ1) is 7.79. The summed E-state index contributed by atoms with van der Waals surface area (Å²) in [7, 11) is 0. The molecule has 0 fully saturated rings. The van der Waals surface area contributed by atoms with Gasteiger partial charge in [0.2, 0.25) is 0 Å². The fraction of sp³-hybridized carbons (Fsp3) is 0.111. The average molecular weight is 176 g/mol. The summed E-state index contributed by atoms with van der Waals surface area (Å²) in [5.74, 6) is -0.942. The van der Waals surface area contributed by atoms with Crippen molar-refractivity contribution in [3.8, 4) is 0 Å². The highest BCUT2D eigenvalue weighted by molar-refractivity contribution is 5.86. The SMILES string of the molecule is Cc1cn2c(C(=O)O)cccc2n1. The number of fused-ring (bicyclic) bond motifs is 1. The molecule has 4 nitrogen and oxygen atoms in total. The van der Waals surface area contributed by atoms with Crippen molar-refractivity contribution in [1.29, 1.82) is 0 Å². The maximum atomic E-state index is 10.8. The minimum Gasteiger partial charge on any atom is -0.477 e. The molecular weight excluding hydrogens is 168 g/mol. The lowest BCUT2D eigenvalue weighted by molar-refractivity contribution is 0.0689. The van der Waals surface area contributed by atoms with Crippen LogP contribution in [0.15, 0.2) is 24.4 Å². The van der Waals surface area contributed by atoms with Gasteiger partial charge < -0.3 is 5.11 Å². The third kappa shape index (κ3) is 1.16. The number of aromatic nitrogens is 2. The van der Waals surface area contributed by atoms with Crippen molar-refractivity contribution >= 4 is 11.6 Å². The van der Waals surface area contributed by atoms with Crippen LogP contribution < -0.4 is 0 Å². The fourth-order valence-corrected chi connectivity index (χ4v) is 1.31. The van der Waals surface area contributed by atoms with Gasteiger partial charge in [0.15, 0.2) is 0 Å². The number of carboxylic acids is 1. The first-order valence-corrected chi connectivity index (χ1v) is 3.86. The Morgan fingerprint density at radius 1 is 1.54 bits per heavy atom. The zero-order valence-electron chi connectivity index (χ0n) is 7.06. The molecule has 0 bridgehead atoms. The van der Waals surface area contributed by atoms with Gasteiger partial charge in [0.25, 0.3) is 0 Å². The molecule has 0 amide bonds. The Hall–Kier alpha value is -1.84. The maximum absolute atomic E-state index is 10.8. The van der Waals surface area contributed by atoms with Crippen LogP contribution in [-0.2, 0) is 0 Å². The summed E-state index contributed by atoms with van der Waals surface area (Å²) < 4.78 is 1.57. The number of carboxylic acid groups (broad SMARTS) is 1. The fourth-order valence-electron chi connectivity index (χ4n) is 1.31. The van der Waals surface area contributed by atoms with Gasteiger partial charge in [-0.3, -0.25) is 4.40 Å². The summed E-state index contributed by atoms with van der Waals surface area (Å²) >= 11 is 0. The molecule has 0 spiro atoms. The number of aryl methyl sites for hydroxylation is 1. The van der Waals surface area contributed by atoms with Crippen LogP contribution in [0.1, 0.15) is 16.2 Å². The molecule has 0 atom stereocenters. The summed E-state index contributed by atoms with van der Waals surface area (Å²) in [5, 5.41) is 8.84. The molecule has 0 radical (unpaired) electrons. The van der Waals surface area contributed by atoms with Gasteiger partial charge in [-0.25, -0.2) is 9.78 Å². The summed E-state index contributed by atoms with van der Waals surface area (Å²) in [6, 6.07) is 5.01. The van der Waals surface area contributed by atoms with Gasteiger partial charge in [0.1, 0.15) is 11.3 Å². The van der Waals surface area contributed by atoms with E-state index in [0.717, 1.165) is 5.69 Å². The first-order chi connectivity index (χ1) is 6.18. The van der Waals surface area contributed by atoms with Crippen molar-refractivity contribution in [3.05, 3.63) is 35.8 Å². The molecule has 0 aliphatic carbocycles. The molecule has 0 aromatic carbocycles. The lowest BCUT2D eigenvalue weighted by Gasteiger charge is -1.97. The average Bonchev–Trinajstić information content (AvgIpc) is 2.43. The van der Waals surface area contributed by atoms with Gasteiger partial charge in [0, 0.05) is 6.20 Å². The number of carbonyl (C=O) groups is 1. The lowest BCUT2D eigenvalue weighted by atomic mass is 10.3. The molecule has 1 N–H and O–H groups in total. The number of hydrogen-bond donors (Lipinski definition) is 1. The van der Waals surface area contributed by atoms with E-state index in [1.54, 1.807) is 28.8 Å². The number of aromatic carboxylic acids is 1. The smallest absolute Gasteiger partial charge is 0.352 e. The molecule has 2 aromatic rings. The molecule has 0 aliphatic heterocycles. The highest BCUT2D eigenvalue weighted by atomic mass is 16.4. The second-order valence-electron chi connectivity index (χ2n) is 2.83. The van der Waals surface area contributed by atoms with E-state index in [1.807, 2.05) is 6.92 Å². The van der Waals surface area contributed by atoms with Crippen LogP contribution in [0.4, 0.5) is 0 Å². The van der Waals surface area contributed by atoms with Crippen molar-refractivity contribution in [2.24, 2.45) is 0 Å². The van der Waals surface area contributed by atoms with E-state index < -0.39 is 5.97 Å². The molecule has 2 rings (SSSR count). The van der Waals surface area contributed by atoms with Crippen molar-refractivity contribution in [1.82, 2.24) is 9.38 Å². The van der Waals surface area contributed by atoms with Gasteiger partial charge in [-0.1, -0.05) is 6.07 Å². The van der Waals surface area contributed by atoms with E-state index in [9.17, 15) is 4.79 Å². The van der Waals surface area contributed by atoms with Crippen LogP contribution in [0, 0.1) is 6.92 Å². The van der Waals surface area contributed by atoms with Crippen LogP contribution in [0.3, 0.4) is 0 Å². The van der Waals surface area contributed by atoms with E-state index in [4.69, 9.17) is 5.11 Å². The topological polar surface area (TPSA) is 54.6 Å². The van der Waals surface area contributed by atoms with Crippen molar-refractivity contribution in [2.75, 3.05) is 0 Å². The predicted molar refractivity (Wildman–Crippen MR) is 46.9 cm³/mol. The maximum Gasteiger partial charge on any atom is 0.352 e. The monoisotopic (exact) mass is 176 g/mol. The number of rotatable bonds is 1. The van der Waals surface area contributed by atoms with E-state index in [1.165, 1.54) is 0 Å². The Kier molecular flexibility index (Phi) is 1.55. The minimum absolute atomic E-state index is 0.234. The molecule has 0 saturated carbocycles. The van der Waals surface area contributed by atoms with Crippen LogP contribution in [0.25, 0.3) is 5.65 Å². The Morgan fingerprint density at radius 2 is 2.31 bits per heavy atom. The summed E-state index contributed by atoms with van der Waals surface area (Å²) in [6.07, 6.45) is 1.71. The lowest BCUT2D eigenvalue weighted by Crippen LogP contribution is -2.03. The van der Waals surface area contributed by atoms with Gasteiger partial charge in [-0.15, -0.1) is 0 Å². The van der Waals surface area contributed by atoms with Gasteiger partial charge in [-0.05, 0) is 19.1 Å². The van der Waals surface area contributed by atoms with Crippen LogP contribution in [0.2, 0.25) is 0 Å². The third-order valence-electron chi connectivity index (χ3n) is 1.83. The molecule has 0 saturated heterocycles. The van der Waals surface area contributed by atoms with E-state index in [-0.39, 0.29) is 5.69 Å². The Balaban J connectivity index is 2.82. The second-order valence-corrected chi connectivity index (χ2v) is 2.83. The second kappa shape index (κ2) is 2.58. The van der Waals surface area contributed by atoms with Crippen molar-refractivity contribution < 1.29 is 9.90 Å². The van der Waals surface area contributed by atoms with Crippen LogP contribution in [0.5, 0.6) is 0 Å². The highest BCUT2D eigenvalue weighted by Gasteiger charge is 2.07. The number of imidazole rings is 1. The molecule has 66 valence electrons. The predicted octanol–water partition coefficient (Wildman–Crippen LogP) is 1.34. The molecule has 0 aliphatic rings. The van der Waals surface area contributed by atoms with Crippen molar-refractivity contribution in [3.63, 3.8) is 0 Å². The molecule has 0 unspecified atom stereocenters. The molecule has 4 heteroatoms. The van der Waals surface area contributed by atoms with E-state index in [2.05, 4.69) is 4.98 Å². The number of nitrogens with zero attached hydrogens (tertiary/aromatic N) is 2. The van der Waals surface area contributed by atoms with Crippen LogP contribution in [-0.4, -0.2) is 20.5 Å². The zero-order valence-corrected chi connectivity index (χ0v) is 7.06. The van der Waals surface area contributed by atoms with Gasteiger partial charge in [0.05, 0.1) is 5.69 Å². The summed E-state index contributed by atoms with van der Waals surface area (Å²) in [6.45, 7) is 1.83. The van der Waals surface area contributed by atoms with Gasteiger partial charge in [-0.2, -0.15) is 0 Å². The van der Waals surface area contributed by atoms with Crippen LogP contribution >= 0.6 is 0 Å². The molecule has 2 heterocycles. The van der Waals surface area contributed by atoms with Gasteiger partial charge >= 0.3 is 5.97 Å². The molecule has 13 heavy (non-hydrogen) atoms. The molecular formula is C9H8N2O2. The number of pyridine rings is 1. The summed E-state index contributed by atoms with van der Waals surface area (Å²) in [5.41, 5.74) is 1.71. The first-order valence-electron chi connectivity index (χ1n) is 3.86. The Morgan fingerprint density at radius 3 is 3.00 bits per heavy atom. The zero-order chi connectivity index (χ0) is 9.42. The van der Waals surface area contributed by atoms with E-state index in [0.29, 0.717) is 5.65 Å². The number of hydrogen-bond acceptors (Lipinski definition) is 2. The quantitative estimate of drug-likeness (QED) is 0.713. The highest BCUT2D eigenvalue weighted by Crippen LogP contribution is 2.08. The standard InChI is InChI=1S/C9H8N2O2/c1-6-5-11-7(9(12)13)3-2-4-8(11)10-6/h2-5H,1H3,(H,12,13). The largest absolute Gasteiger partial charge is 0.477 e. The normalized spacial score (nSPS) is 10.5. The molecule has 2 aromatic heterocycles. The van der Waals surface area contributed by atoms with Crippen molar-refractivity contribution in [2.45, 2.75) is 6.92 Å². The third-order valence-corrected chi connectivity index (χ3v) is 1.83. The van der Waals surface area contributed by atoms with E-state index >= 15 is 0 Å². The summed E-state index contributed by atoms with van der Waals surface area (Å²) in [4.78, 5) is 14.9.